The van der Waals surface area contributed by atoms with E-state index in [2.05, 4.69) is 49.0 Å². The number of halogens is 1. The molecule has 0 atom stereocenters. The quantitative estimate of drug-likeness (QED) is 0.939. The van der Waals surface area contributed by atoms with Crippen LogP contribution in [-0.2, 0) is 13.0 Å². The minimum Gasteiger partial charge on any atom is -0.355 e. The minimum atomic E-state index is 0.802. The summed E-state index contributed by atoms with van der Waals surface area (Å²) >= 11 is 6.64. The van der Waals surface area contributed by atoms with Crippen molar-refractivity contribution in [2.45, 2.75) is 19.9 Å². The van der Waals surface area contributed by atoms with Crippen LogP contribution >= 0.6 is 38.8 Å². The van der Waals surface area contributed by atoms with Crippen molar-refractivity contribution in [3.8, 4) is 0 Å². The van der Waals surface area contributed by atoms with E-state index in [-0.39, 0.29) is 0 Å². The van der Waals surface area contributed by atoms with Crippen LogP contribution in [0.25, 0.3) is 0 Å². The molecule has 2 rings (SSSR count). The molecule has 0 saturated heterocycles. The molecule has 0 amide bonds. The lowest BCUT2D eigenvalue weighted by Gasteiger charge is -1.99. The summed E-state index contributed by atoms with van der Waals surface area (Å²) in [7, 11) is 0. The topological polar surface area (TPSA) is 37.8 Å². The van der Waals surface area contributed by atoms with Crippen LogP contribution in [0.15, 0.2) is 15.9 Å². The summed E-state index contributed by atoms with van der Waals surface area (Å²) in [6.45, 7) is 2.86. The van der Waals surface area contributed by atoms with Crippen LogP contribution in [0.4, 0.5) is 5.13 Å². The molecule has 2 aromatic rings. The van der Waals surface area contributed by atoms with Gasteiger partial charge in [-0.25, -0.2) is 4.98 Å². The van der Waals surface area contributed by atoms with Crippen LogP contribution in [0, 0.1) is 0 Å². The molecule has 0 fully saturated rings. The Kier molecular flexibility index (Phi) is 3.71. The van der Waals surface area contributed by atoms with Gasteiger partial charge >= 0.3 is 0 Å². The predicted octanol–water partition coefficient (Wildman–Crippen LogP) is 3.54. The zero-order chi connectivity index (χ0) is 10.7. The molecule has 0 aromatic carbocycles. The minimum absolute atomic E-state index is 0.802. The van der Waals surface area contributed by atoms with Crippen molar-refractivity contribution in [2.24, 2.45) is 0 Å². The van der Waals surface area contributed by atoms with E-state index in [1.807, 2.05) is 0 Å². The van der Waals surface area contributed by atoms with E-state index in [1.54, 1.807) is 11.3 Å². The van der Waals surface area contributed by atoms with E-state index in [9.17, 15) is 0 Å². The molecule has 15 heavy (non-hydrogen) atoms. The molecule has 6 heteroatoms. The van der Waals surface area contributed by atoms with Crippen molar-refractivity contribution in [1.82, 2.24) is 9.36 Å². The summed E-state index contributed by atoms with van der Waals surface area (Å²) < 4.78 is 5.37. The first kappa shape index (κ1) is 11.0. The summed E-state index contributed by atoms with van der Waals surface area (Å²) in [5.74, 6) is 0.910. The number of nitrogens with one attached hydrogen (secondary N) is 1. The molecule has 0 aliphatic carbocycles. The van der Waals surface area contributed by atoms with E-state index in [4.69, 9.17) is 0 Å². The number of rotatable bonds is 4. The van der Waals surface area contributed by atoms with Gasteiger partial charge in [0.25, 0.3) is 0 Å². The third-order valence-corrected chi connectivity index (χ3v) is 4.51. The molecule has 0 aliphatic heterocycles. The highest BCUT2D eigenvalue weighted by Gasteiger charge is 2.04. The second-order valence-electron chi connectivity index (χ2n) is 2.91. The average Bonchev–Trinajstić information content (AvgIpc) is 2.84. The van der Waals surface area contributed by atoms with E-state index in [1.165, 1.54) is 16.4 Å². The van der Waals surface area contributed by atoms with Gasteiger partial charge < -0.3 is 5.32 Å². The van der Waals surface area contributed by atoms with E-state index in [0.29, 0.717) is 0 Å². The molecule has 0 spiro atoms. The first-order valence-electron chi connectivity index (χ1n) is 4.58. The first-order chi connectivity index (χ1) is 7.29. The maximum absolute atomic E-state index is 4.34. The molecule has 0 radical (unpaired) electrons. The summed E-state index contributed by atoms with van der Waals surface area (Å²) in [5, 5.41) is 6.23. The van der Waals surface area contributed by atoms with E-state index in [0.717, 1.165) is 28.4 Å². The van der Waals surface area contributed by atoms with Gasteiger partial charge in [-0.1, -0.05) is 6.92 Å². The fourth-order valence-electron chi connectivity index (χ4n) is 1.08. The van der Waals surface area contributed by atoms with E-state index >= 15 is 0 Å². The number of nitrogens with zero attached hydrogens (tertiary/aromatic N) is 2. The molecule has 2 aromatic heterocycles. The van der Waals surface area contributed by atoms with Crippen molar-refractivity contribution in [3.05, 3.63) is 26.6 Å². The van der Waals surface area contributed by atoms with Gasteiger partial charge in [-0.15, -0.1) is 11.3 Å². The molecule has 0 unspecified atom stereocenters. The number of hydrogen-bond donors (Lipinski definition) is 1. The van der Waals surface area contributed by atoms with Crippen LogP contribution in [0.1, 0.15) is 17.6 Å². The molecule has 0 bridgehead atoms. The molecule has 1 N–H and O–H groups in total. The summed E-state index contributed by atoms with van der Waals surface area (Å²) in [4.78, 5) is 5.62. The van der Waals surface area contributed by atoms with Crippen LogP contribution < -0.4 is 5.32 Å². The van der Waals surface area contributed by atoms with Crippen molar-refractivity contribution >= 4 is 43.9 Å². The summed E-state index contributed by atoms with van der Waals surface area (Å²) in [5.41, 5.74) is 0. The summed E-state index contributed by atoms with van der Waals surface area (Å²) in [6.07, 6.45) is 0.890. The fourth-order valence-corrected chi connectivity index (χ4v) is 3.15. The van der Waals surface area contributed by atoms with Gasteiger partial charge in [0, 0.05) is 27.3 Å². The lowest BCUT2D eigenvalue weighted by atomic mass is 10.5. The Balaban J connectivity index is 1.96. The largest absolute Gasteiger partial charge is 0.355 e. The zero-order valence-corrected chi connectivity index (χ0v) is 11.4. The van der Waals surface area contributed by atoms with Crippen LogP contribution in [-0.4, -0.2) is 9.36 Å². The Morgan fingerprint density at radius 1 is 1.53 bits per heavy atom. The van der Waals surface area contributed by atoms with Crippen LogP contribution in [0.2, 0.25) is 0 Å². The predicted molar refractivity (Wildman–Crippen MR) is 68.6 cm³/mol. The van der Waals surface area contributed by atoms with Gasteiger partial charge in [0.15, 0.2) is 0 Å². The third kappa shape index (κ3) is 2.76. The van der Waals surface area contributed by atoms with Gasteiger partial charge in [0.2, 0.25) is 5.13 Å². The first-order valence-corrected chi connectivity index (χ1v) is 7.02. The second kappa shape index (κ2) is 5.05. The number of anilines is 1. The Bertz CT molecular complexity index is 438. The Labute approximate surface area is 105 Å². The maximum atomic E-state index is 4.34. The molecule has 0 aliphatic rings. The molecular formula is C9H10BrN3S2. The highest BCUT2D eigenvalue weighted by molar-refractivity contribution is 9.10. The lowest BCUT2D eigenvalue weighted by Crippen LogP contribution is -1.97. The van der Waals surface area contributed by atoms with Gasteiger partial charge in [-0.3, -0.25) is 0 Å². The van der Waals surface area contributed by atoms with E-state index < -0.39 is 0 Å². The van der Waals surface area contributed by atoms with Gasteiger partial charge in [0.05, 0.1) is 6.54 Å². The average molecular weight is 304 g/mol. The number of aromatic nitrogens is 2. The Morgan fingerprint density at radius 2 is 2.40 bits per heavy atom. The van der Waals surface area contributed by atoms with Crippen LogP contribution in [0.3, 0.4) is 0 Å². The third-order valence-electron chi connectivity index (χ3n) is 1.88. The van der Waals surface area contributed by atoms with Crippen molar-refractivity contribution in [1.29, 1.82) is 0 Å². The zero-order valence-electron chi connectivity index (χ0n) is 8.16. The number of hydrogen-bond acceptors (Lipinski definition) is 5. The van der Waals surface area contributed by atoms with Crippen molar-refractivity contribution < 1.29 is 0 Å². The highest BCUT2D eigenvalue weighted by Crippen LogP contribution is 2.23. The second-order valence-corrected chi connectivity index (χ2v) is 5.52. The SMILES string of the molecule is CCc1nsc(NCc2sccc2Br)n1. The molecule has 80 valence electrons. The lowest BCUT2D eigenvalue weighted by molar-refractivity contribution is 0.994. The summed E-state index contributed by atoms with van der Waals surface area (Å²) in [6, 6.07) is 2.05. The molecular weight excluding hydrogens is 294 g/mol. The molecule has 0 saturated carbocycles. The van der Waals surface area contributed by atoms with Gasteiger partial charge in [-0.05, 0) is 27.4 Å². The van der Waals surface area contributed by atoms with Gasteiger partial charge in [-0.2, -0.15) is 4.37 Å². The standard InChI is InChI=1S/C9H10BrN3S2/c1-2-8-12-9(15-13-8)11-5-7-6(10)3-4-14-7/h3-4H,2,5H2,1H3,(H,11,12,13). The normalized spacial score (nSPS) is 10.5. The fraction of sp³-hybridized carbons (Fsp3) is 0.333. The smallest absolute Gasteiger partial charge is 0.202 e. The molecule has 3 nitrogen and oxygen atoms in total. The van der Waals surface area contributed by atoms with Crippen molar-refractivity contribution in [3.63, 3.8) is 0 Å². The van der Waals surface area contributed by atoms with Gasteiger partial charge in [0.1, 0.15) is 5.82 Å². The Hall–Kier alpha value is -0.460. The Morgan fingerprint density at radius 3 is 3.00 bits per heavy atom. The molecule has 2 heterocycles. The van der Waals surface area contributed by atoms with Crippen LogP contribution in [0.5, 0.6) is 0 Å². The highest BCUT2D eigenvalue weighted by atomic mass is 79.9. The number of aryl methyl sites for hydroxylation is 1. The monoisotopic (exact) mass is 303 g/mol. The number of thiophene rings is 1. The maximum Gasteiger partial charge on any atom is 0.202 e. The van der Waals surface area contributed by atoms with Crippen molar-refractivity contribution in [2.75, 3.05) is 5.32 Å².